The van der Waals surface area contributed by atoms with Crippen LogP contribution in [-0.4, -0.2) is 9.55 Å². The smallest absolute Gasteiger partial charge is 0.135 e. The van der Waals surface area contributed by atoms with Crippen LogP contribution in [-0.2, 0) is 37.3 Å². The number of fused-ring (bicyclic) bond motifs is 4. The molecular formula is C71H61N4OPt-3. The van der Waals surface area contributed by atoms with Gasteiger partial charge in [-0.3, -0.25) is 0 Å². The topological polar surface area (TPSA) is 33.5 Å². The average Bonchev–Trinajstić information content (AvgIpc) is 1.51. The fourth-order valence-corrected chi connectivity index (χ4v) is 9.82. The Labute approximate surface area is 489 Å². The minimum atomic E-state index is -0.695. The summed E-state index contributed by atoms with van der Waals surface area (Å²) in [6, 6.07) is 36.8. The molecule has 384 valence electrons. The van der Waals surface area contributed by atoms with Crippen molar-refractivity contribution in [1.82, 2.24) is 9.55 Å². The van der Waals surface area contributed by atoms with Crippen LogP contribution in [0.3, 0.4) is 0 Å². The maximum Gasteiger partial charge on any atom is 0.135 e. The van der Waals surface area contributed by atoms with E-state index in [1.807, 2.05) is 109 Å². The minimum Gasteiger partial charge on any atom is -0.509 e. The van der Waals surface area contributed by atoms with Gasteiger partial charge < -0.3 is 19.1 Å². The van der Waals surface area contributed by atoms with E-state index in [-0.39, 0.29) is 88.7 Å². The Morgan fingerprint density at radius 1 is 0.506 bits per heavy atom. The summed E-state index contributed by atoms with van der Waals surface area (Å²) >= 11 is 0. The monoisotopic (exact) mass is 1200 g/mol. The molecule has 0 bridgehead atoms. The predicted molar refractivity (Wildman–Crippen MR) is 317 cm³/mol. The van der Waals surface area contributed by atoms with Gasteiger partial charge in [0.25, 0.3) is 0 Å². The second kappa shape index (κ2) is 20.2. The summed E-state index contributed by atoms with van der Waals surface area (Å²) in [6.07, 6.45) is 1.59. The maximum absolute atomic E-state index is 9.84. The Hall–Kier alpha value is -7.98. The van der Waals surface area contributed by atoms with Crippen molar-refractivity contribution in [2.75, 3.05) is 9.80 Å². The van der Waals surface area contributed by atoms with Crippen molar-refractivity contribution in [3.8, 4) is 50.7 Å². The largest absolute Gasteiger partial charge is 0.509 e. The van der Waals surface area contributed by atoms with E-state index < -0.39 is 95.1 Å². The molecule has 6 heteroatoms. The molecule has 0 fully saturated rings. The van der Waals surface area contributed by atoms with Gasteiger partial charge >= 0.3 is 0 Å². The molecule has 2 aromatic heterocycles. The molecule has 9 aromatic carbocycles. The molecule has 77 heavy (non-hydrogen) atoms. The average molecular weight is 1200 g/mol. The van der Waals surface area contributed by atoms with Gasteiger partial charge in [-0.2, -0.15) is 12.1 Å². The zero-order valence-corrected chi connectivity index (χ0v) is 46.0. The molecule has 0 saturated carbocycles. The number of benzene rings is 9. The van der Waals surface area contributed by atoms with Crippen LogP contribution in [0.15, 0.2) is 218 Å². The number of aromatic nitrogens is 2. The number of hydrogen-bond acceptors (Lipinski definition) is 4. The van der Waals surface area contributed by atoms with Crippen LogP contribution in [0, 0.1) is 18.8 Å². The molecule has 3 heterocycles. The van der Waals surface area contributed by atoms with Gasteiger partial charge in [-0.25, -0.2) is 4.98 Å². The third-order valence-corrected chi connectivity index (χ3v) is 14.1. The van der Waals surface area contributed by atoms with Crippen molar-refractivity contribution in [3.63, 3.8) is 0 Å². The van der Waals surface area contributed by atoms with Crippen LogP contribution < -0.4 is 14.5 Å². The van der Waals surface area contributed by atoms with Crippen molar-refractivity contribution < 1.29 is 46.4 Å². The summed E-state index contributed by atoms with van der Waals surface area (Å²) in [4.78, 5) is 8.62. The van der Waals surface area contributed by atoms with Gasteiger partial charge in [0.05, 0.1) is 17.8 Å². The first kappa shape index (κ1) is 36.1. The number of para-hydroxylation sites is 3. The fraction of sp³-hybridized carbons (Fsp3) is 0.155. The standard InChI is InChI=1S/C71H61N4O.Pt/c1-69(2,3)54-40-51(41-55(43-54)70(4,5)6)60-31-21-30-59(49-24-14-10-15-25-49)68(60)74-47-73(64-32-18-19-33-65(64)74)56-28-20-29-57(45-56)76-58-35-36-61-62-42-50(48-22-12-9-13-23-48)34-37-63(62)75(66(61)46-58)67-44-53(38-39-72-67)71(7,8)52-26-16-11-17-27-52;/h9-44,47H,1-8H3;/q-3;/i9D,10D,12D,13D,14D,15D,22D,23D,24D,25D,34D,35D,36D,37D,42D;. The van der Waals surface area contributed by atoms with E-state index >= 15 is 0 Å². The van der Waals surface area contributed by atoms with Crippen LogP contribution in [0.1, 0.15) is 98.2 Å². The second-order valence-corrected chi connectivity index (χ2v) is 21.5. The van der Waals surface area contributed by atoms with Gasteiger partial charge in [-0.05, 0) is 92.4 Å². The van der Waals surface area contributed by atoms with Crippen LogP contribution in [0.4, 0.5) is 22.7 Å². The zero-order chi connectivity index (χ0) is 65.4. The molecule has 0 aliphatic carbocycles. The minimum absolute atomic E-state index is 0. The van der Waals surface area contributed by atoms with Crippen LogP contribution in [0.5, 0.6) is 11.5 Å². The zero-order valence-electron chi connectivity index (χ0n) is 58.7. The number of ether oxygens (including phenoxy) is 1. The molecule has 0 amide bonds. The molecule has 1 aliphatic heterocycles. The Morgan fingerprint density at radius 3 is 1.83 bits per heavy atom. The first-order chi connectivity index (χ1) is 42.9. The first-order valence-corrected chi connectivity index (χ1v) is 25.1. The van der Waals surface area contributed by atoms with Crippen molar-refractivity contribution in [3.05, 3.63) is 259 Å². The quantitative estimate of drug-likeness (QED) is 0.128. The molecule has 11 aromatic rings. The van der Waals surface area contributed by atoms with Gasteiger partial charge in [0.15, 0.2) is 0 Å². The summed E-state index contributed by atoms with van der Waals surface area (Å²) in [5, 5.41) is -0.166. The summed E-state index contributed by atoms with van der Waals surface area (Å²) < 4.78 is 144. The summed E-state index contributed by atoms with van der Waals surface area (Å²) in [5.74, 6) is 0.0475. The number of hydrogen-bond donors (Lipinski definition) is 0. The van der Waals surface area contributed by atoms with Gasteiger partial charge in [-0.1, -0.05) is 212 Å². The van der Waals surface area contributed by atoms with Crippen molar-refractivity contribution in [2.24, 2.45) is 0 Å². The normalized spacial score (nSPS) is 15.5. The van der Waals surface area contributed by atoms with Crippen molar-refractivity contribution >= 4 is 44.6 Å². The molecule has 0 atom stereocenters. The van der Waals surface area contributed by atoms with Crippen molar-refractivity contribution in [1.29, 1.82) is 0 Å². The summed E-state index contributed by atoms with van der Waals surface area (Å²) in [7, 11) is 0. The van der Waals surface area contributed by atoms with E-state index in [1.165, 1.54) is 4.57 Å². The number of pyridine rings is 1. The Balaban J connectivity index is 0.00000867. The van der Waals surface area contributed by atoms with E-state index in [0.717, 1.165) is 33.4 Å². The molecule has 0 radical (unpaired) electrons. The predicted octanol–water partition coefficient (Wildman–Crippen LogP) is 18.9. The van der Waals surface area contributed by atoms with E-state index in [4.69, 9.17) is 20.7 Å². The number of rotatable bonds is 10. The Kier molecular flexibility index (Phi) is 9.47. The number of nitrogens with zero attached hydrogens (tertiary/aromatic N) is 4. The van der Waals surface area contributed by atoms with E-state index in [9.17, 15) is 9.60 Å². The molecule has 0 spiro atoms. The van der Waals surface area contributed by atoms with Gasteiger partial charge in [-0.15, -0.1) is 48.1 Å². The van der Waals surface area contributed by atoms with Gasteiger partial charge in [0.1, 0.15) is 5.82 Å². The Morgan fingerprint density at radius 2 is 1.14 bits per heavy atom. The van der Waals surface area contributed by atoms with Crippen LogP contribution >= 0.6 is 0 Å². The fourth-order valence-electron chi connectivity index (χ4n) is 9.82. The molecular weight excluding hydrogens is 1120 g/mol. The molecule has 0 N–H and O–H groups in total. The summed E-state index contributed by atoms with van der Waals surface area (Å²) in [6.45, 7) is 18.9. The molecule has 0 saturated heterocycles. The van der Waals surface area contributed by atoms with E-state index in [2.05, 4.69) is 71.9 Å². The number of anilines is 4. The third-order valence-electron chi connectivity index (χ3n) is 14.1. The molecule has 1 aliphatic rings. The SMILES string of the molecule is [2H]c1c([2H])c([2H])c(-c2cccc(-c3cc(C(C)(C)C)cc(C(C)(C)C)c3)c2N2[CH-]N(c3[c-]c(Oc4[c-]c5c(c([2H])c4[2H])c4c([2H])c(-c6c([2H])c([2H])c([2H])c([2H])c6[2H])c([2H])c([2H])c4n5-c4cc(C(C)(C)c5ccccc5)ccn4)ccc3)c3ccccc32)c([2H])c1[2H].[Pt]. The van der Waals surface area contributed by atoms with Crippen LogP contribution in [0.25, 0.3) is 61.0 Å². The summed E-state index contributed by atoms with van der Waals surface area (Å²) in [5.41, 5.74) is 6.24. The van der Waals surface area contributed by atoms with Gasteiger partial charge in [0.2, 0.25) is 0 Å². The molecule has 5 nitrogen and oxygen atoms in total. The molecule has 12 rings (SSSR count). The van der Waals surface area contributed by atoms with E-state index in [1.54, 1.807) is 30.5 Å². The van der Waals surface area contributed by atoms with Gasteiger partial charge in [0, 0.05) is 79.3 Å². The van der Waals surface area contributed by atoms with E-state index in [0.29, 0.717) is 28.3 Å². The first-order valence-electron chi connectivity index (χ1n) is 32.6. The maximum atomic E-state index is 9.84. The second-order valence-electron chi connectivity index (χ2n) is 21.5. The Bertz CT molecular complexity index is 4780. The molecule has 0 unspecified atom stereocenters. The van der Waals surface area contributed by atoms with Crippen molar-refractivity contribution in [2.45, 2.75) is 71.6 Å². The van der Waals surface area contributed by atoms with Crippen LogP contribution in [0.2, 0.25) is 0 Å². The third kappa shape index (κ3) is 9.68.